The van der Waals surface area contributed by atoms with E-state index in [1.54, 1.807) is 0 Å². The van der Waals surface area contributed by atoms with Crippen molar-refractivity contribution in [3.8, 4) is 5.88 Å². The fourth-order valence-corrected chi connectivity index (χ4v) is 2.66. The molecule has 0 saturated heterocycles. The van der Waals surface area contributed by atoms with Gasteiger partial charge in [-0.25, -0.2) is 9.98 Å². The summed E-state index contributed by atoms with van der Waals surface area (Å²) in [6, 6.07) is 8.21. The molecular weight excluding hydrogens is 366 g/mol. The van der Waals surface area contributed by atoms with Gasteiger partial charge in [0.25, 0.3) is 0 Å². The van der Waals surface area contributed by atoms with Crippen molar-refractivity contribution in [1.82, 2.24) is 9.88 Å². The first-order chi connectivity index (χ1) is 11.4. The largest absolute Gasteiger partial charge is 0.472 e. The van der Waals surface area contributed by atoms with E-state index in [1.807, 2.05) is 31.3 Å². The zero-order chi connectivity index (χ0) is 17.7. The first-order valence-electron chi connectivity index (χ1n) is 8.01. The number of aryl methyl sites for hydroxylation is 3. The highest BCUT2D eigenvalue weighted by Crippen LogP contribution is 2.30. The molecule has 0 radical (unpaired) electrons. The fraction of sp³-hybridized carbons (Fsp3) is 0.368. The predicted octanol–water partition coefficient (Wildman–Crippen LogP) is 4.96. The van der Waals surface area contributed by atoms with Gasteiger partial charge in [0, 0.05) is 13.6 Å². The second kappa shape index (κ2) is 8.29. The minimum atomic E-state index is 0.505. The van der Waals surface area contributed by atoms with E-state index in [-0.39, 0.29) is 0 Å². The van der Waals surface area contributed by atoms with Crippen LogP contribution in [0.2, 0.25) is 0 Å². The van der Waals surface area contributed by atoms with Gasteiger partial charge in [0.1, 0.15) is 6.61 Å². The molecule has 4 nitrogen and oxygen atoms in total. The van der Waals surface area contributed by atoms with Crippen LogP contribution in [0.5, 0.6) is 5.88 Å². The minimum Gasteiger partial charge on any atom is -0.472 e. The standard InChI is InChI=1S/C19H24BrN3O/c1-6-23(5)12-21-18-10-17(20)19(22-15(18)4)24-11-16-13(2)8-7-9-14(16)3/h7-10,12H,6,11H2,1-5H3. The normalized spacial score (nSPS) is 11.1. The molecule has 24 heavy (non-hydrogen) atoms. The third-order valence-electron chi connectivity index (χ3n) is 4.00. The van der Waals surface area contributed by atoms with Crippen molar-refractivity contribution in [2.24, 2.45) is 4.99 Å². The smallest absolute Gasteiger partial charge is 0.228 e. The number of aliphatic imine (C=N–C) groups is 1. The molecular formula is C19H24BrN3O. The number of hydrogen-bond donors (Lipinski definition) is 0. The van der Waals surface area contributed by atoms with E-state index in [2.05, 4.69) is 64.9 Å². The van der Waals surface area contributed by atoms with Crippen LogP contribution in [0.25, 0.3) is 0 Å². The van der Waals surface area contributed by atoms with Crippen molar-refractivity contribution < 1.29 is 4.74 Å². The lowest BCUT2D eigenvalue weighted by Gasteiger charge is -2.13. The number of rotatable bonds is 6. The Morgan fingerprint density at radius 2 is 1.92 bits per heavy atom. The van der Waals surface area contributed by atoms with E-state index in [1.165, 1.54) is 16.7 Å². The molecule has 0 aliphatic rings. The molecule has 0 fully saturated rings. The highest BCUT2D eigenvalue weighted by Gasteiger charge is 2.10. The van der Waals surface area contributed by atoms with Crippen LogP contribution in [-0.4, -0.2) is 29.8 Å². The molecule has 128 valence electrons. The van der Waals surface area contributed by atoms with Gasteiger partial charge in [0.15, 0.2) is 0 Å². The van der Waals surface area contributed by atoms with Crippen LogP contribution in [0.4, 0.5) is 5.69 Å². The Labute approximate surface area is 152 Å². The zero-order valence-electron chi connectivity index (χ0n) is 14.9. The minimum absolute atomic E-state index is 0.505. The highest BCUT2D eigenvalue weighted by atomic mass is 79.9. The Kier molecular flexibility index (Phi) is 6.37. The number of pyridine rings is 1. The van der Waals surface area contributed by atoms with Crippen LogP contribution in [0.3, 0.4) is 0 Å². The third-order valence-corrected chi connectivity index (χ3v) is 4.57. The van der Waals surface area contributed by atoms with Gasteiger partial charge in [-0.05, 0) is 66.4 Å². The van der Waals surface area contributed by atoms with E-state index in [9.17, 15) is 0 Å². The molecule has 0 bridgehead atoms. The second-order valence-corrected chi connectivity index (χ2v) is 6.71. The van der Waals surface area contributed by atoms with Crippen molar-refractivity contribution in [2.75, 3.05) is 13.6 Å². The van der Waals surface area contributed by atoms with E-state index in [0.717, 1.165) is 22.4 Å². The molecule has 0 aliphatic heterocycles. The first-order valence-corrected chi connectivity index (χ1v) is 8.81. The Morgan fingerprint density at radius 3 is 2.54 bits per heavy atom. The summed E-state index contributed by atoms with van der Waals surface area (Å²) in [5.41, 5.74) is 5.34. The fourth-order valence-electron chi connectivity index (χ4n) is 2.24. The van der Waals surface area contributed by atoms with Gasteiger partial charge in [-0.3, -0.25) is 0 Å². The number of benzene rings is 1. The molecule has 0 N–H and O–H groups in total. The molecule has 1 aromatic carbocycles. The van der Waals surface area contributed by atoms with Gasteiger partial charge < -0.3 is 9.64 Å². The van der Waals surface area contributed by atoms with Crippen LogP contribution < -0.4 is 4.74 Å². The number of nitrogens with zero attached hydrogens (tertiary/aromatic N) is 3. The van der Waals surface area contributed by atoms with Crippen molar-refractivity contribution in [3.05, 3.63) is 51.1 Å². The summed E-state index contributed by atoms with van der Waals surface area (Å²) in [7, 11) is 1.99. The summed E-state index contributed by atoms with van der Waals surface area (Å²) in [4.78, 5) is 11.0. The topological polar surface area (TPSA) is 37.7 Å². The lowest BCUT2D eigenvalue weighted by Crippen LogP contribution is -2.14. The molecule has 0 amide bonds. The number of hydrogen-bond acceptors (Lipinski definition) is 3. The maximum absolute atomic E-state index is 5.95. The van der Waals surface area contributed by atoms with Crippen molar-refractivity contribution in [2.45, 2.75) is 34.3 Å². The molecule has 0 unspecified atom stereocenters. The molecule has 5 heteroatoms. The maximum atomic E-state index is 5.95. The molecule has 0 spiro atoms. The van der Waals surface area contributed by atoms with E-state index >= 15 is 0 Å². The zero-order valence-corrected chi connectivity index (χ0v) is 16.5. The van der Waals surface area contributed by atoms with Crippen LogP contribution in [0.1, 0.15) is 29.3 Å². The van der Waals surface area contributed by atoms with Gasteiger partial charge in [0.05, 0.1) is 22.2 Å². The predicted molar refractivity (Wildman–Crippen MR) is 103 cm³/mol. The quantitative estimate of drug-likeness (QED) is 0.517. The van der Waals surface area contributed by atoms with Crippen molar-refractivity contribution in [1.29, 1.82) is 0 Å². The molecule has 2 rings (SSSR count). The lowest BCUT2D eigenvalue weighted by molar-refractivity contribution is 0.290. The van der Waals surface area contributed by atoms with Crippen LogP contribution in [0.15, 0.2) is 33.7 Å². The van der Waals surface area contributed by atoms with Gasteiger partial charge in [-0.15, -0.1) is 0 Å². The van der Waals surface area contributed by atoms with Gasteiger partial charge in [0.2, 0.25) is 5.88 Å². The summed E-state index contributed by atoms with van der Waals surface area (Å²) in [5, 5.41) is 0. The van der Waals surface area contributed by atoms with Crippen molar-refractivity contribution >= 4 is 28.0 Å². The Hall–Kier alpha value is -1.88. The van der Waals surface area contributed by atoms with E-state index in [0.29, 0.717) is 12.5 Å². The van der Waals surface area contributed by atoms with E-state index < -0.39 is 0 Å². The average molecular weight is 390 g/mol. The molecule has 1 aromatic heterocycles. The molecule has 0 saturated carbocycles. The second-order valence-electron chi connectivity index (χ2n) is 5.86. The molecule has 2 aromatic rings. The first kappa shape index (κ1) is 18.5. The number of ether oxygens (including phenoxy) is 1. The number of halogens is 1. The highest BCUT2D eigenvalue weighted by molar-refractivity contribution is 9.10. The summed E-state index contributed by atoms with van der Waals surface area (Å²) in [6.07, 6.45) is 1.81. The molecule has 0 aliphatic carbocycles. The Morgan fingerprint density at radius 1 is 1.25 bits per heavy atom. The summed E-state index contributed by atoms with van der Waals surface area (Å²) < 4.78 is 6.76. The maximum Gasteiger partial charge on any atom is 0.228 e. The van der Waals surface area contributed by atoms with Gasteiger partial charge >= 0.3 is 0 Å². The van der Waals surface area contributed by atoms with E-state index in [4.69, 9.17) is 4.74 Å². The average Bonchev–Trinajstić information content (AvgIpc) is 2.55. The number of aromatic nitrogens is 1. The van der Waals surface area contributed by atoms with Crippen LogP contribution in [0, 0.1) is 20.8 Å². The summed E-state index contributed by atoms with van der Waals surface area (Å²) in [5.74, 6) is 0.595. The van der Waals surface area contributed by atoms with Gasteiger partial charge in [-0.2, -0.15) is 0 Å². The SMILES string of the molecule is CCN(C)C=Nc1cc(Br)c(OCc2c(C)cccc2C)nc1C. The van der Waals surface area contributed by atoms with Crippen molar-refractivity contribution in [3.63, 3.8) is 0 Å². The lowest BCUT2D eigenvalue weighted by atomic mass is 10.0. The Balaban J connectivity index is 2.17. The monoisotopic (exact) mass is 389 g/mol. The van der Waals surface area contributed by atoms with Crippen LogP contribution in [-0.2, 0) is 6.61 Å². The van der Waals surface area contributed by atoms with Crippen LogP contribution >= 0.6 is 15.9 Å². The summed E-state index contributed by atoms with van der Waals surface area (Å²) in [6.45, 7) is 9.64. The molecule has 1 heterocycles. The summed E-state index contributed by atoms with van der Waals surface area (Å²) >= 11 is 3.54. The third kappa shape index (κ3) is 4.57. The van der Waals surface area contributed by atoms with Gasteiger partial charge in [-0.1, -0.05) is 18.2 Å². The molecule has 0 atom stereocenters. The Bertz CT molecular complexity index is 723.